The Morgan fingerprint density at radius 1 is 0.727 bits per heavy atom. The van der Waals surface area contributed by atoms with Crippen LogP contribution in [-0.4, -0.2) is 15.2 Å². The molecule has 1 heterocycles. The van der Waals surface area contributed by atoms with E-state index in [-0.39, 0.29) is 17.6 Å². The fourth-order valence-corrected chi connectivity index (χ4v) is 1.76. The first-order valence-electron chi connectivity index (χ1n) is 6.44. The highest BCUT2D eigenvalue weighted by atomic mass is 19.1. The predicted octanol–water partition coefficient (Wildman–Crippen LogP) is 3.64. The number of aromatic nitrogens is 3. The van der Waals surface area contributed by atoms with Crippen LogP contribution in [0.25, 0.3) is 0 Å². The number of hydrogen-bond donors (Lipinski definition) is 2. The average Bonchev–Trinajstić information content (AvgIpc) is 2.52. The molecule has 1 aromatic heterocycles. The number of nitrogens with zero attached hydrogens (tertiary/aromatic N) is 3. The Labute approximate surface area is 125 Å². The van der Waals surface area contributed by atoms with E-state index >= 15 is 0 Å². The van der Waals surface area contributed by atoms with Crippen molar-refractivity contribution in [2.75, 3.05) is 10.6 Å². The molecular weight excluding hydrogens is 288 g/mol. The van der Waals surface area contributed by atoms with E-state index in [4.69, 9.17) is 0 Å². The van der Waals surface area contributed by atoms with Crippen molar-refractivity contribution in [1.82, 2.24) is 15.2 Å². The highest BCUT2D eigenvalue weighted by molar-refractivity contribution is 5.58. The van der Waals surface area contributed by atoms with Gasteiger partial charge in [0, 0.05) is 11.4 Å². The molecule has 0 radical (unpaired) electrons. The maximum absolute atomic E-state index is 12.9. The lowest BCUT2D eigenvalue weighted by Gasteiger charge is -2.07. The number of nitrogens with one attached hydrogen (secondary N) is 2. The molecule has 2 N–H and O–H groups in total. The standard InChI is InChI=1S/C15H11F2N5/c16-10-1-5-12(6-2-10)19-14-9-18-22-15(21-14)20-13-7-3-11(17)4-8-13/h1-9H,(H2,19,20,21,22). The van der Waals surface area contributed by atoms with Gasteiger partial charge < -0.3 is 10.6 Å². The van der Waals surface area contributed by atoms with Crippen molar-refractivity contribution >= 4 is 23.1 Å². The summed E-state index contributed by atoms with van der Waals surface area (Å²) in [5.74, 6) is 0.0753. The Hall–Kier alpha value is -3.09. The van der Waals surface area contributed by atoms with Crippen LogP contribution >= 0.6 is 0 Å². The molecule has 7 heteroatoms. The van der Waals surface area contributed by atoms with Crippen molar-refractivity contribution in [3.05, 3.63) is 66.4 Å². The Balaban J connectivity index is 1.74. The first-order valence-corrected chi connectivity index (χ1v) is 6.44. The van der Waals surface area contributed by atoms with Gasteiger partial charge in [-0.15, -0.1) is 5.10 Å². The molecule has 3 aromatic rings. The zero-order valence-corrected chi connectivity index (χ0v) is 11.3. The van der Waals surface area contributed by atoms with Gasteiger partial charge in [-0.2, -0.15) is 10.1 Å². The lowest BCUT2D eigenvalue weighted by molar-refractivity contribution is 0.627. The second-order valence-electron chi connectivity index (χ2n) is 4.43. The van der Waals surface area contributed by atoms with Crippen molar-refractivity contribution in [1.29, 1.82) is 0 Å². The quantitative estimate of drug-likeness (QED) is 0.770. The molecule has 0 amide bonds. The third-order valence-corrected chi connectivity index (χ3v) is 2.78. The molecule has 0 saturated carbocycles. The molecule has 0 bridgehead atoms. The SMILES string of the molecule is Fc1ccc(Nc2cnnc(Nc3ccc(F)cc3)n2)cc1. The third kappa shape index (κ3) is 3.51. The summed E-state index contributed by atoms with van der Waals surface area (Å²) in [6.07, 6.45) is 1.44. The summed E-state index contributed by atoms with van der Waals surface area (Å²) < 4.78 is 25.7. The molecule has 22 heavy (non-hydrogen) atoms. The predicted molar refractivity (Wildman–Crippen MR) is 79.2 cm³/mol. The molecule has 3 rings (SSSR count). The van der Waals surface area contributed by atoms with Crippen molar-refractivity contribution in [2.45, 2.75) is 0 Å². The zero-order valence-electron chi connectivity index (χ0n) is 11.3. The number of hydrogen-bond acceptors (Lipinski definition) is 5. The van der Waals surface area contributed by atoms with Gasteiger partial charge in [-0.05, 0) is 48.5 Å². The molecule has 0 unspecified atom stereocenters. The van der Waals surface area contributed by atoms with E-state index < -0.39 is 0 Å². The molecule has 5 nitrogen and oxygen atoms in total. The summed E-state index contributed by atoms with van der Waals surface area (Å²) in [5.41, 5.74) is 1.32. The lowest BCUT2D eigenvalue weighted by atomic mass is 10.3. The Kier molecular flexibility index (Phi) is 3.86. The molecule has 0 aliphatic heterocycles. The number of rotatable bonds is 4. The van der Waals surface area contributed by atoms with Crippen molar-refractivity contribution < 1.29 is 8.78 Å². The topological polar surface area (TPSA) is 62.7 Å². The molecule has 110 valence electrons. The summed E-state index contributed by atoms with van der Waals surface area (Å²) in [6.45, 7) is 0. The maximum atomic E-state index is 12.9. The van der Waals surface area contributed by atoms with Crippen LogP contribution in [0.15, 0.2) is 54.7 Å². The first-order chi connectivity index (χ1) is 10.7. The molecule has 0 fully saturated rings. The van der Waals surface area contributed by atoms with Crippen LogP contribution in [0.5, 0.6) is 0 Å². The van der Waals surface area contributed by atoms with Gasteiger partial charge in [0.05, 0.1) is 6.20 Å². The summed E-state index contributed by atoms with van der Waals surface area (Å²) in [7, 11) is 0. The van der Waals surface area contributed by atoms with Crippen LogP contribution in [-0.2, 0) is 0 Å². The Morgan fingerprint density at radius 3 is 1.86 bits per heavy atom. The van der Waals surface area contributed by atoms with Gasteiger partial charge in [-0.3, -0.25) is 0 Å². The van der Waals surface area contributed by atoms with Gasteiger partial charge >= 0.3 is 0 Å². The minimum atomic E-state index is -0.323. The first kappa shape index (κ1) is 13.9. The molecule has 0 aliphatic carbocycles. The van der Waals surface area contributed by atoms with E-state index in [0.29, 0.717) is 17.2 Å². The molecule has 0 atom stereocenters. The van der Waals surface area contributed by atoms with E-state index in [0.717, 1.165) is 0 Å². The van der Waals surface area contributed by atoms with Crippen LogP contribution in [0.2, 0.25) is 0 Å². The van der Waals surface area contributed by atoms with E-state index in [9.17, 15) is 8.78 Å². The third-order valence-electron chi connectivity index (χ3n) is 2.78. The second-order valence-corrected chi connectivity index (χ2v) is 4.43. The normalized spacial score (nSPS) is 10.3. The maximum Gasteiger partial charge on any atom is 0.249 e. The van der Waals surface area contributed by atoms with E-state index in [1.165, 1.54) is 30.5 Å². The fraction of sp³-hybridized carbons (Fsp3) is 0. The van der Waals surface area contributed by atoms with Gasteiger partial charge in [0.25, 0.3) is 0 Å². The minimum Gasteiger partial charge on any atom is -0.339 e. The number of benzene rings is 2. The van der Waals surface area contributed by atoms with Crippen LogP contribution in [0.4, 0.5) is 31.9 Å². The van der Waals surface area contributed by atoms with Gasteiger partial charge in [0.2, 0.25) is 5.95 Å². The van der Waals surface area contributed by atoms with Crippen LogP contribution < -0.4 is 10.6 Å². The molecular formula is C15H11F2N5. The largest absolute Gasteiger partial charge is 0.339 e. The minimum absolute atomic E-state index is 0.263. The summed E-state index contributed by atoms with van der Waals surface area (Å²) in [4.78, 5) is 4.22. The highest BCUT2D eigenvalue weighted by Gasteiger charge is 2.02. The van der Waals surface area contributed by atoms with Crippen LogP contribution in [0.1, 0.15) is 0 Å². The van der Waals surface area contributed by atoms with Crippen molar-refractivity contribution in [3.63, 3.8) is 0 Å². The molecule has 0 saturated heterocycles. The van der Waals surface area contributed by atoms with Crippen LogP contribution in [0.3, 0.4) is 0 Å². The molecule has 0 aliphatic rings. The summed E-state index contributed by atoms with van der Waals surface area (Å²) in [6, 6.07) is 11.7. The monoisotopic (exact) mass is 299 g/mol. The molecule has 0 spiro atoms. The van der Waals surface area contributed by atoms with Crippen molar-refractivity contribution in [2.24, 2.45) is 0 Å². The van der Waals surface area contributed by atoms with Gasteiger partial charge in [-0.25, -0.2) is 8.78 Å². The fourth-order valence-electron chi connectivity index (χ4n) is 1.76. The number of halogens is 2. The second kappa shape index (κ2) is 6.13. The van der Waals surface area contributed by atoms with E-state index in [1.54, 1.807) is 24.3 Å². The Bertz CT molecular complexity index is 697. The number of anilines is 4. The Morgan fingerprint density at radius 2 is 1.27 bits per heavy atom. The smallest absolute Gasteiger partial charge is 0.249 e. The van der Waals surface area contributed by atoms with Crippen LogP contribution in [0, 0.1) is 11.6 Å². The lowest BCUT2D eigenvalue weighted by Crippen LogP contribution is -2.02. The van der Waals surface area contributed by atoms with E-state index in [2.05, 4.69) is 25.8 Å². The summed E-state index contributed by atoms with van der Waals surface area (Å²) in [5, 5.41) is 13.6. The van der Waals surface area contributed by atoms with Crippen molar-refractivity contribution in [3.8, 4) is 0 Å². The average molecular weight is 299 g/mol. The summed E-state index contributed by atoms with van der Waals surface area (Å²) >= 11 is 0. The van der Waals surface area contributed by atoms with Gasteiger partial charge in [0.1, 0.15) is 11.6 Å². The van der Waals surface area contributed by atoms with E-state index in [1.807, 2.05) is 0 Å². The highest BCUT2D eigenvalue weighted by Crippen LogP contribution is 2.17. The molecule has 2 aromatic carbocycles. The van der Waals surface area contributed by atoms with Gasteiger partial charge in [-0.1, -0.05) is 0 Å². The van der Waals surface area contributed by atoms with Gasteiger partial charge in [0.15, 0.2) is 5.82 Å². The zero-order chi connectivity index (χ0) is 15.4.